The second kappa shape index (κ2) is 10.5. The number of amides is 1. The molecule has 0 radical (unpaired) electrons. The number of guanidine groups is 1. The molecule has 1 aliphatic rings. The second-order valence-corrected chi connectivity index (χ2v) is 7.44. The molecule has 0 bridgehead atoms. The van der Waals surface area contributed by atoms with Gasteiger partial charge in [-0.25, -0.2) is 4.39 Å². The number of nitrogens with zero attached hydrogens (tertiary/aromatic N) is 2. The maximum Gasteiger partial charge on any atom is 0.220 e. The lowest BCUT2D eigenvalue weighted by Gasteiger charge is -2.34. The van der Waals surface area contributed by atoms with Crippen molar-refractivity contribution >= 4 is 27.8 Å². The van der Waals surface area contributed by atoms with Gasteiger partial charge in [-0.2, -0.15) is 0 Å². The fourth-order valence-electron chi connectivity index (χ4n) is 3.16. The molecule has 0 aliphatic carbocycles. The normalized spacial score (nSPS) is 15.8. The predicted octanol–water partition coefficient (Wildman–Crippen LogP) is 2.94. The maximum absolute atomic E-state index is 13.8. The zero-order chi connectivity index (χ0) is 18.9. The Kier molecular flexibility index (Phi) is 8.35. The van der Waals surface area contributed by atoms with Crippen LogP contribution in [-0.2, 0) is 11.2 Å². The first-order chi connectivity index (χ1) is 12.5. The molecule has 1 aromatic carbocycles. The van der Waals surface area contributed by atoms with E-state index in [9.17, 15) is 9.18 Å². The number of halogens is 2. The van der Waals surface area contributed by atoms with Crippen LogP contribution in [0, 0.1) is 11.7 Å². The molecule has 0 saturated carbocycles. The van der Waals surface area contributed by atoms with E-state index >= 15 is 0 Å². The summed E-state index contributed by atoms with van der Waals surface area (Å²) >= 11 is 3.38. The van der Waals surface area contributed by atoms with Gasteiger partial charge in [0.25, 0.3) is 0 Å². The van der Waals surface area contributed by atoms with Crippen molar-refractivity contribution in [3.63, 3.8) is 0 Å². The molecule has 2 rings (SSSR count). The molecule has 5 nitrogen and oxygen atoms in total. The van der Waals surface area contributed by atoms with E-state index in [4.69, 9.17) is 0 Å². The van der Waals surface area contributed by atoms with Crippen LogP contribution < -0.4 is 10.6 Å². The number of benzene rings is 1. The van der Waals surface area contributed by atoms with E-state index in [1.165, 1.54) is 6.07 Å². The number of nitrogens with one attached hydrogen (secondary N) is 2. The summed E-state index contributed by atoms with van der Waals surface area (Å²) in [5.74, 6) is 1.23. The smallest absolute Gasteiger partial charge is 0.220 e. The first-order valence-corrected chi connectivity index (χ1v) is 10.0. The number of carbonyl (C=O) groups is 1. The predicted molar refractivity (Wildman–Crippen MR) is 107 cm³/mol. The number of hydrogen-bond donors (Lipinski definition) is 2. The van der Waals surface area contributed by atoms with Crippen molar-refractivity contribution in [3.05, 3.63) is 34.1 Å². The van der Waals surface area contributed by atoms with Crippen LogP contribution in [0.15, 0.2) is 27.7 Å². The third kappa shape index (κ3) is 6.27. The fourth-order valence-corrected chi connectivity index (χ4v) is 3.56. The van der Waals surface area contributed by atoms with Gasteiger partial charge >= 0.3 is 0 Å². The molecule has 2 N–H and O–H groups in total. The van der Waals surface area contributed by atoms with Gasteiger partial charge in [0, 0.05) is 44.1 Å². The fraction of sp³-hybridized carbons (Fsp3) is 0.579. The average molecular weight is 427 g/mol. The van der Waals surface area contributed by atoms with Gasteiger partial charge in [-0.1, -0.05) is 15.9 Å². The lowest BCUT2D eigenvalue weighted by Crippen LogP contribution is -2.46. The van der Waals surface area contributed by atoms with Crippen LogP contribution in [-0.4, -0.2) is 50.0 Å². The molecule has 1 fully saturated rings. The average Bonchev–Trinajstić information content (AvgIpc) is 2.64. The molecule has 0 spiro atoms. The Morgan fingerprint density at radius 1 is 1.38 bits per heavy atom. The number of hydrogen-bond acceptors (Lipinski definition) is 2. The largest absolute Gasteiger partial charge is 0.359 e. The molecule has 1 saturated heterocycles. The molecule has 144 valence electrons. The van der Waals surface area contributed by atoms with Gasteiger partial charge < -0.3 is 15.5 Å². The summed E-state index contributed by atoms with van der Waals surface area (Å²) < 4.78 is 14.7. The van der Waals surface area contributed by atoms with Crippen molar-refractivity contribution in [2.75, 3.05) is 33.2 Å². The summed E-state index contributed by atoms with van der Waals surface area (Å²) in [5.41, 5.74) is 0.670. The molecule has 0 unspecified atom stereocenters. The summed E-state index contributed by atoms with van der Waals surface area (Å²) in [4.78, 5) is 18.4. The topological polar surface area (TPSA) is 56.7 Å². The SMILES string of the molecule is CCNC(=NCCc1cc(Br)ccc1F)N1CCC(CC(=O)NC)CC1. The number of rotatable bonds is 6. The highest BCUT2D eigenvalue weighted by Gasteiger charge is 2.23. The molecule has 26 heavy (non-hydrogen) atoms. The highest BCUT2D eigenvalue weighted by molar-refractivity contribution is 9.10. The number of aliphatic imine (C=N–C) groups is 1. The minimum absolute atomic E-state index is 0.111. The lowest BCUT2D eigenvalue weighted by molar-refractivity contribution is -0.121. The van der Waals surface area contributed by atoms with Gasteiger partial charge in [0.2, 0.25) is 5.91 Å². The number of likely N-dealkylation sites (tertiary alicyclic amines) is 1. The number of piperidine rings is 1. The van der Waals surface area contributed by atoms with Crippen molar-refractivity contribution in [3.8, 4) is 0 Å². The van der Waals surface area contributed by atoms with E-state index < -0.39 is 0 Å². The van der Waals surface area contributed by atoms with E-state index in [0.29, 0.717) is 30.9 Å². The Labute approximate surface area is 163 Å². The monoisotopic (exact) mass is 426 g/mol. The molecule has 1 aliphatic heterocycles. The highest BCUT2D eigenvalue weighted by atomic mass is 79.9. The van der Waals surface area contributed by atoms with Gasteiger partial charge in [-0.15, -0.1) is 0 Å². The van der Waals surface area contributed by atoms with Crippen LogP contribution in [0.4, 0.5) is 4.39 Å². The zero-order valence-electron chi connectivity index (χ0n) is 15.5. The van der Waals surface area contributed by atoms with Gasteiger partial charge in [0.05, 0.1) is 0 Å². The summed E-state index contributed by atoms with van der Waals surface area (Å²) in [7, 11) is 1.68. The van der Waals surface area contributed by atoms with E-state index in [2.05, 4.69) is 36.5 Å². The Balaban J connectivity index is 1.90. The minimum atomic E-state index is -0.191. The van der Waals surface area contributed by atoms with Crippen LogP contribution in [0.3, 0.4) is 0 Å². The van der Waals surface area contributed by atoms with Crippen molar-refractivity contribution in [2.24, 2.45) is 10.9 Å². The van der Waals surface area contributed by atoms with Crippen molar-refractivity contribution in [1.29, 1.82) is 0 Å². The lowest BCUT2D eigenvalue weighted by atomic mass is 9.93. The second-order valence-electron chi connectivity index (χ2n) is 6.53. The van der Waals surface area contributed by atoms with Gasteiger partial charge in [0.1, 0.15) is 5.82 Å². The molecule has 1 aromatic rings. The summed E-state index contributed by atoms with van der Waals surface area (Å²) in [6, 6.07) is 4.99. The van der Waals surface area contributed by atoms with Crippen molar-refractivity contribution in [2.45, 2.75) is 32.6 Å². The Bertz CT molecular complexity index is 630. The molecule has 1 heterocycles. The Morgan fingerprint density at radius 2 is 2.12 bits per heavy atom. The Hall–Kier alpha value is -1.63. The van der Waals surface area contributed by atoms with E-state index in [1.54, 1.807) is 13.1 Å². The summed E-state index contributed by atoms with van der Waals surface area (Å²) in [6.07, 6.45) is 3.13. The molecular formula is C19H28BrFN4O. The van der Waals surface area contributed by atoms with Crippen LogP contribution in [0.5, 0.6) is 0 Å². The molecular weight excluding hydrogens is 399 g/mol. The van der Waals surface area contributed by atoms with Crippen molar-refractivity contribution in [1.82, 2.24) is 15.5 Å². The third-order valence-corrected chi connectivity index (χ3v) is 5.15. The third-order valence-electron chi connectivity index (χ3n) is 4.65. The van der Waals surface area contributed by atoms with Crippen LogP contribution >= 0.6 is 15.9 Å². The van der Waals surface area contributed by atoms with Crippen LogP contribution in [0.25, 0.3) is 0 Å². The van der Waals surface area contributed by atoms with Gasteiger partial charge in [-0.05, 0) is 55.9 Å². The summed E-state index contributed by atoms with van der Waals surface area (Å²) in [6.45, 7) is 5.15. The van der Waals surface area contributed by atoms with Crippen LogP contribution in [0.1, 0.15) is 31.7 Å². The minimum Gasteiger partial charge on any atom is -0.359 e. The molecule has 0 aromatic heterocycles. The quantitative estimate of drug-likeness (QED) is 0.542. The van der Waals surface area contributed by atoms with E-state index in [-0.39, 0.29) is 11.7 Å². The Morgan fingerprint density at radius 3 is 2.77 bits per heavy atom. The molecule has 1 amide bonds. The zero-order valence-corrected chi connectivity index (χ0v) is 17.1. The first-order valence-electron chi connectivity index (χ1n) is 9.21. The maximum atomic E-state index is 13.8. The van der Waals surface area contributed by atoms with Crippen molar-refractivity contribution < 1.29 is 9.18 Å². The van der Waals surface area contributed by atoms with E-state index in [0.717, 1.165) is 42.9 Å². The van der Waals surface area contributed by atoms with Gasteiger partial charge in [0.15, 0.2) is 5.96 Å². The van der Waals surface area contributed by atoms with Gasteiger partial charge in [-0.3, -0.25) is 9.79 Å². The van der Waals surface area contributed by atoms with E-state index in [1.807, 2.05) is 13.0 Å². The standard InChI is InChI=1S/C19H28BrFN4O/c1-3-23-19(24-9-6-15-13-16(20)4-5-17(15)21)25-10-7-14(8-11-25)12-18(26)22-2/h4-5,13-14H,3,6-12H2,1-2H3,(H,22,26)(H,23,24). The molecule has 7 heteroatoms. The molecule has 0 atom stereocenters. The highest BCUT2D eigenvalue weighted by Crippen LogP contribution is 2.20. The first kappa shape index (κ1) is 20.7. The number of carbonyl (C=O) groups excluding carboxylic acids is 1. The van der Waals surface area contributed by atoms with Crippen LogP contribution in [0.2, 0.25) is 0 Å². The summed E-state index contributed by atoms with van der Waals surface area (Å²) in [5, 5.41) is 6.02.